The van der Waals surface area contributed by atoms with Crippen LogP contribution in [0.4, 0.5) is 0 Å². The molecular formula is C28H48N2O21. The first-order valence-corrected chi connectivity index (χ1v) is 16.1. The third-order valence-electron chi connectivity index (χ3n) is 9.01. The predicted molar refractivity (Wildman–Crippen MR) is 157 cm³/mol. The molecule has 4 heterocycles. The second kappa shape index (κ2) is 18.0. The number of rotatable bonds is 12. The van der Waals surface area contributed by atoms with Gasteiger partial charge < -0.3 is 105 Å². The molecule has 0 bridgehead atoms. The lowest BCUT2D eigenvalue weighted by atomic mass is 9.94. The van der Waals surface area contributed by atoms with Gasteiger partial charge in [-0.1, -0.05) is 0 Å². The zero-order valence-corrected chi connectivity index (χ0v) is 27.4. The van der Waals surface area contributed by atoms with E-state index in [9.17, 15) is 70.9 Å². The maximum Gasteiger partial charge on any atom is 0.217 e. The van der Waals surface area contributed by atoms with Gasteiger partial charge in [0.1, 0.15) is 97.5 Å². The lowest BCUT2D eigenvalue weighted by Crippen LogP contribution is -2.70. The van der Waals surface area contributed by atoms with Gasteiger partial charge in [-0.25, -0.2) is 0 Å². The van der Waals surface area contributed by atoms with E-state index in [-0.39, 0.29) is 0 Å². The van der Waals surface area contributed by atoms with E-state index in [4.69, 9.17) is 33.2 Å². The molecule has 51 heavy (non-hydrogen) atoms. The van der Waals surface area contributed by atoms with E-state index in [1.165, 1.54) is 0 Å². The highest BCUT2D eigenvalue weighted by Crippen LogP contribution is 2.34. The Morgan fingerprint density at radius 3 is 1.39 bits per heavy atom. The van der Waals surface area contributed by atoms with E-state index in [1.54, 1.807) is 0 Å². The molecular weight excluding hydrogens is 700 g/mol. The molecule has 0 aliphatic carbocycles. The van der Waals surface area contributed by atoms with Crippen molar-refractivity contribution in [2.24, 2.45) is 0 Å². The Labute approximate surface area is 289 Å². The lowest BCUT2D eigenvalue weighted by molar-refractivity contribution is -0.377. The zero-order chi connectivity index (χ0) is 37.9. The van der Waals surface area contributed by atoms with Gasteiger partial charge in [-0.2, -0.15) is 0 Å². The molecule has 4 aliphatic heterocycles. The molecule has 0 aromatic rings. The van der Waals surface area contributed by atoms with Crippen LogP contribution in [0.2, 0.25) is 0 Å². The summed E-state index contributed by atoms with van der Waals surface area (Å²) < 4.78 is 39.1. The van der Waals surface area contributed by atoms with Crippen LogP contribution in [-0.4, -0.2) is 222 Å². The number of nitrogens with one attached hydrogen (secondary N) is 2. The van der Waals surface area contributed by atoms with Crippen molar-refractivity contribution in [3.8, 4) is 0 Å². The molecule has 20 atom stereocenters. The number of ether oxygens (including phenoxy) is 7. The Morgan fingerprint density at radius 1 is 0.471 bits per heavy atom. The van der Waals surface area contributed by atoms with Gasteiger partial charge in [-0.3, -0.25) is 9.59 Å². The molecule has 296 valence electrons. The Kier molecular flexibility index (Phi) is 14.8. The fourth-order valence-corrected chi connectivity index (χ4v) is 6.35. The van der Waals surface area contributed by atoms with Gasteiger partial charge in [0.15, 0.2) is 25.2 Å². The van der Waals surface area contributed by atoms with Crippen molar-refractivity contribution in [2.45, 2.75) is 137 Å². The topological polar surface area (TPSA) is 366 Å². The molecule has 14 N–H and O–H groups in total. The summed E-state index contributed by atoms with van der Waals surface area (Å²) in [4.78, 5) is 23.9. The van der Waals surface area contributed by atoms with Gasteiger partial charge in [0.05, 0.1) is 26.4 Å². The first kappa shape index (κ1) is 41.9. The summed E-state index contributed by atoms with van der Waals surface area (Å²) in [6.45, 7) is -1.30. The van der Waals surface area contributed by atoms with Gasteiger partial charge in [-0.15, -0.1) is 0 Å². The second-order valence-corrected chi connectivity index (χ2v) is 12.6. The number of carbonyl (C=O) groups is 2. The maximum atomic E-state index is 12.2. The van der Waals surface area contributed by atoms with Crippen LogP contribution >= 0.6 is 0 Å². The van der Waals surface area contributed by atoms with E-state index in [0.717, 1.165) is 13.8 Å². The van der Waals surface area contributed by atoms with E-state index in [0.29, 0.717) is 0 Å². The zero-order valence-electron chi connectivity index (χ0n) is 27.4. The SMILES string of the molecule is CC(=O)N[C@@H]1[C@@H](O)[C@H](O[C@@H]2O[C@H](CO)[C@H](O)[C@H](O[C@@H]3O[C@H](CO)[C@@H](O[C@@H]4O[C@H](CO)[C@H](O)[C@H](O)[C@H]4O)[C@H](O)[C@H]3NC(C)=O)[C@H]2O)[C@@H](CO)O[C@@H]1O. The number of aliphatic hydroxyl groups is 12. The number of carbonyl (C=O) groups excluding carboxylic acids is 2. The van der Waals surface area contributed by atoms with Crippen LogP contribution in [-0.2, 0) is 42.7 Å². The van der Waals surface area contributed by atoms with E-state index in [1.807, 2.05) is 0 Å². The summed E-state index contributed by atoms with van der Waals surface area (Å²) in [5.41, 5.74) is 0. The quantitative estimate of drug-likeness (QED) is 0.0881. The van der Waals surface area contributed by atoms with Crippen LogP contribution in [0.5, 0.6) is 0 Å². The summed E-state index contributed by atoms with van der Waals surface area (Å²) in [7, 11) is 0. The Bertz CT molecular complexity index is 1140. The minimum absolute atomic E-state index is 0.667. The van der Waals surface area contributed by atoms with Gasteiger partial charge in [0.2, 0.25) is 11.8 Å². The summed E-state index contributed by atoms with van der Waals surface area (Å²) in [6, 6.07) is -3.09. The fourth-order valence-electron chi connectivity index (χ4n) is 6.35. The Morgan fingerprint density at radius 2 is 0.882 bits per heavy atom. The van der Waals surface area contributed by atoms with Gasteiger partial charge >= 0.3 is 0 Å². The minimum atomic E-state index is -2.03. The molecule has 0 aromatic heterocycles. The van der Waals surface area contributed by atoms with Crippen LogP contribution in [0.1, 0.15) is 13.8 Å². The van der Waals surface area contributed by atoms with Crippen molar-refractivity contribution in [3.05, 3.63) is 0 Å². The average molecular weight is 749 g/mol. The van der Waals surface area contributed by atoms with Crippen LogP contribution in [0.3, 0.4) is 0 Å². The first-order valence-electron chi connectivity index (χ1n) is 16.1. The van der Waals surface area contributed by atoms with Crippen molar-refractivity contribution >= 4 is 11.8 Å². The molecule has 23 heteroatoms. The van der Waals surface area contributed by atoms with Gasteiger partial charge in [0, 0.05) is 13.8 Å². The maximum absolute atomic E-state index is 12.2. The molecule has 4 saturated heterocycles. The highest BCUT2D eigenvalue weighted by molar-refractivity contribution is 5.73. The van der Waals surface area contributed by atoms with Crippen molar-refractivity contribution < 1.29 is 104 Å². The summed E-state index contributed by atoms with van der Waals surface area (Å²) in [5.74, 6) is -1.43. The lowest BCUT2D eigenvalue weighted by Gasteiger charge is -2.50. The summed E-state index contributed by atoms with van der Waals surface area (Å²) >= 11 is 0. The van der Waals surface area contributed by atoms with Crippen LogP contribution in [0, 0.1) is 0 Å². The largest absolute Gasteiger partial charge is 0.394 e. The molecule has 0 unspecified atom stereocenters. The molecule has 4 fully saturated rings. The second-order valence-electron chi connectivity index (χ2n) is 12.6. The van der Waals surface area contributed by atoms with E-state index < -0.39 is 161 Å². The molecule has 23 nitrogen and oxygen atoms in total. The van der Waals surface area contributed by atoms with E-state index in [2.05, 4.69) is 10.6 Å². The normalized spacial score (nSPS) is 47.8. The first-order chi connectivity index (χ1) is 24.1. The summed E-state index contributed by atoms with van der Waals surface area (Å²) in [5, 5.41) is 130. The Balaban J connectivity index is 1.57. The third kappa shape index (κ3) is 9.11. The molecule has 0 spiro atoms. The van der Waals surface area contributed by atoms with Crippen molar-refractivity contribution in [1.29, 1.82) is 0 Å². The highest BCUT2D eigenvalue weighted by Gasteiger charge is 2.55. The molecule has 0 radical (unpaired) electrons. The highest BCUT2D eigenvalue weighted by atomic mass is 16.8. The van der Waals surface area contributed by atoms with E-state index >= 15 is 0 Å². The third-order valence-corrected chi connectivity index (χ3v) is 9.01. The minimum Gasteiger partial charge on any atom is -0.394 e. The molecule has 2 amide bonds. The number of aliphatic hydroxyl groups excluding tert-OH is 12. The number of hydrogen-bond acceptors (Lipinski definition) is 21. The predicted octanol–water partition coefficient (Wildman–Crippen LogP) is -9.46. The molecule has 0 saturated carbocycles. The monoisotopic (exact) mass is 748 g/mol. The molecule has 4 aliphatic rings. The standard InChI is InChI=1S/C28H48N2O21/c1-7(35)29-13-17(39)22(11(5-33)45-25(13)44)50-28-21(43)24(16(38)10(4-32)47-28)51-26-14(30-8(2)36)18(40)23(12(6-34)48-26)49-27-20(42)19(41)15(37)9(3-31)46-27/h9-28,31-34,37-44H,3-6H2,1-2H3,(H,29,35)(H,30,36)/t9-,10-,11-,12-,13-,14-,15+,16+,17-,18-,19+,20-,21-,22-,23-,24+,25+,26+,27+,28+/m1/s1. The van der Waals surface area contributed by atoms with Gasteiger partial charge in [-0.05, 0) is 0 Å². The van der Waals surface area contributed by atoms with Crippen molar-refractivity contribution in [1.82, 2.24) is 10.6 Å². The fraction of sp³-hybridized carbons (Fsp3) is 0.929. The number of hydrogen-bond donors (Lipinski definition) is 14. The van der Waals surface area contributed by atoms with Crippen molar-refractivity contribution in [3.63, 3.8) is 0 Å². The smallest absolute Gasteiger partial charge is 0.217 e. The average Bonchev–Trinajstić information content (AvgIpc) is 3.09. The van der Waals surface area contributed by atoms with Crippen LogP contribution < -0.4 is 10.6 Å². The molecule has 0 aromatic carbocycles. The summed E-state index contributed by atoms with van der Waals surface area (Å²) in [6.07, 6.45) is -31.4. The van der Waals surface area contributed by atoms with Gasteiger partial charge in [0.25, 0.3) is 0 Å². The molecule has 4 rings (SSSR count). The number of amides is 2. The van der Waals surface area contributed by atoms with Crippen molar-refractivity contribution in [2.75, 3.05) is 26.4 Å². The Hall–Kier alpha value is -1.82. The van der Waals surface area contributed by atoms with Crippen LogP contribution in [0.25, 0.3) is 0 Å². The van der Waals surface area contributed by atoms with Crippen LogP contribution in [0.15, 0.2) is 0 Å².